The van der Waals surface area contributed by atoms with Gasteiger partial charge in [0.25, 0.3) is 0 Å². The Bertz CT molecular complexity index is 1430. The van der Waals surface area contributed by atoms with Crippen LogP contribution in [0, 0.1) is 11.3 Å². The van der Waals surface area contributed by atoms with Crippen molar-refractivity contribution >= 4 is 49.9 Å². The maximum atomic E-state index is 9.32. The molecule has 0 aliphatic carbocycles. The maximum absolute atomic E-state index is 9.32. The number of ether oxygens (including phenoxy) is 1. The predicted octanol–water partition coefficient (Wildman–Crippen LogP) is 6.58. The van der Waals surface area contributed by atoms with E-state index in [2.05, 4.69) is 34.9 Å². The van der Waals surface area contributed by atoms with E-state index in [1.54, 1.807) is 24.5 Å². The number of fused-ring (bicyclic) bond motifs is 1. The van der Waals surface area contributed by atoms with Crippen LogP contribution in [-0.2, 0) is 6.54 Å². The lowest BCUT2D eigenvalue weighted by Crippen LogP contribution is -2.46. The van der Waals surface area contributed by atoms with E-state index >= 15 is 0 Å². The molecule has 36 heavy (non-hydrogen) atoms. The molecular weight excluding hydrogens is 517 g/mol. The van der Waals surface area contributed by atoms with Crippen LogP contribution in [-0.4, -0.2) is 48.3 Å². The zero-order valence-corrected chi connectivity index (χ0v) is 22.5. The highest BCUT2D eigenvalue weighted by molar-refractivity contribution is 7.22. The first-order chi connectivity index (χ1) is 17.4. The first kappa shape index (κ1) is 24.8. The number of hydrogen-bond acceptors (Lipinski definition) is 8. The molecular formula is C26H25Cl2N5O2S. The molecule has 7 nitrogen and oxygen atoms in total. The standard InChI is InChI=1S/C26H25Cl2N5O2S/c1-15(2)25-17(23(31-35-25)22-18(27)5-4-6-19(22)28)14-32-7-9-33(10-8-32)26-30-24-20(34-3)11-16(13-29)12-21(24)36-26/h4-6,11-12,15H,7-10,14H2,1-3H3. The monoisotopic (exact) mass is 541 g/mol. The maximum Gasteiger partial charge on any atom is 0.186 e. The average molecular weight is 542 g/mol. The Kier molecular flexibility index (Phi) is 7.09. The Hall–Kier alpha value is -2.83. The molecule has 0 amide bonds. The predicted molar refractivity (Wildman–Crippen MR) is 144 cm³/mol. The lowest BCUT2D eigenvalue weighted by molar-refractivity contribution is 0.247. The van der Waals surface area contributed by atoms with E-state index in [1.165, 1.54) is 0 Å². The molecule has 0 unspecified atom stereocenters. The zero-order valence-electron chi connectivity index (χ0n) is 20.2. The summed E-state index contributed by atoms with van der Waals surface area (Å²) in [4.78, 5) is 9.51. The molecule has 5 rings (SSSR count). The number of methoxy groups -OCH3 is 1. The second-order valence-electron chi connectivity index (χ2n) is 9.02. The molecule has 0 atom stereocenters. The van der Waals surface area contributed by atoms with Crippen LogP contribution < -0.4 is 9.64 Å². The van der Waals surface area contributed by atoms with E-state index in [0.29, 0.717) is 39.2 Å². The number of aromatic nitrogens is 2. The molecule has 1 aliphatic heterocycles. The number of rotatable bonds is 6. The summed E-state index contributed by atoms with van der Waals surface area (Å²) in [5.41, 5.74) is 3.82. The highest BCUT2D eigenvalue weighted by atomic mass is 35.5. The lowest BCUT2D eigenvalue weighted by atomic mass is 10.00. The van der Waals surface area contributed by atoms with E-state index in [9.17, 15) is 5.26 Å². The minimum absolute atomic E-state index is 0.180. The fraction of sp³-hybridized carbons (Fsp3) is 0.346. The van der Waals surface area contributed by atoms with Crippen LogP contribution >= 0.6 is 34.5 Å². The molecule has 1 saturated heterocycles. The molecule has 1 fully saturated rings. The molecule has 0 radical (unpaired) electrons. The van der Waals surface area contributed by atoms with Gasteiger partial charge in [0.2, 0.25) is 0 Å². The van der Waals surface area contributed by atoms with E-state index in [1.807, 2.05) is 24.3 Å². The summed E-state index contributed by atoms with van der Waals surface area (Å²) in [6.07, 6.45) is 0. The molecule has 0 bridgehead atoms. The van der Waals surface area contributed by atoms with Crippen molar-refractivity contribution in [3.05, 3.63) is 57.3 Å². The van der Waals surface area contributed by atoms with Gasteiger partial charge in [-0.05, 0) is 18.2 Å². The van der Waals surface area contributed by atoms with Gasteiger partial charge < -0.3 is 14.2 Å². The van der Waals surface area contributed by atoms with Gasteiger partial charge in [0, 0.05) is 55.8 Å². The van der Waals surface area contributed by atoms with Gasteiger partial charge in [-0.2, -0.15) is 5.26 Å². The largest absolute Gasteiger partial charge is 0.494 e. The number of hydrogen-bond donors (Lipinski definition) is 0. The molecule has 4 aromatic rings. The highest BCUT2D eigenvalue weighted by Crippen LogP contribution is 2.39. The van der Waals surface area contributed by atoms with Gasteiger partial charge in [-0.15, -0.1) is 0 Å². The number of thiazole rings is 1. The molecule has 0 spiro atoms. The topological polar surface area (TPSA) is 78.4 Å². The van der Waals surface area contributed by atoms with E-state index in [-0.39, 0.29) is 5.92 Å². The minimum atomic E-state index is 0.180. The van der Waals surface area contributed by atoms with Crippen molar-refractivity contribution in [3.63, 3.8) is 0 Å². The van der Waals surface area contributed by atoms with Crippen LogP contribution in [0.3, 0.4) is 0 Å². The Morgan fingerprint density at radius 2 is 1.89 bits per heavy atom. The lowest BCUT2D eigenvalue weighted by Gasteiger charge is -2.34. The molecule has 2 aromatic heterocycles. The number of nitrogens with zero attached hydrogens (tertiary/aromatic N) is 5. The fourth-order valence-corrected chi connectivity index (χ4v) is 6.16. The fourth-order valence-electron chi connectivity index (χ4n) is 4.51. The molecule has 10 heteroatoms. The van der Waals surface area contributed by atoms with Crippen molar-refractivity contribution in [1.82, 2.24) is 15.0 Å². The zero-order chi connectivity index (χ0) is 25.4. The van der Waals surface area contributed by atoms with Gasteiger partial charge in [0.1, 0.15) is 22.7 Å². The quantitative estimate of drug-likeness (QED) is 0.272. The highest BCUT2D eigenvalue weighted by Gasteiger charge is 2.27. The summed E-state index contributed by atoms with van der Waals surface area (Å²) < 4.78 is 12.2. The number of piperazine rings is 1. The first-order valence-electron chi connectivity index (χ1n) is 11.7. The van der Waals surface area contributed by atoms with E-state index in [4.69, 9.17) is 37.4 Å². The second kappa shape index (κ2) is 10.3. The summed E-state index contributed by atoms with van der Waals surface area (Å²) in [5, 5.41) is 15.8. The van der Waals surface area contributed by atoms with Crippen LogP contribution in [0.4, 0.5) is 5.13 Å². The molecule has 0 N–H and O–H groups in total. The number of nitriles is 1. The molecule has 1 aliphatic rings. The van der Waals surface area contributed by atoms with E-state index in [0.717, 1.165) is 52.9 Å². The van der Waals surface area contributed by atoms with Gasteiger partial charge in [-0.25, -0.2) is 4.98 Å². The van der Waals surface area contributed by atoms with Crippen molar-refractivity contribution in [2.45, 2.75) is 26.3 Å². The second-order valence-corrected chi connectivity index (χ2v) is 10.8. The molecule has 0 saturated carbocycles. The van der Waals surface area contributed by atoms with Crippen molar-refractivity contribution in [3.8, 4) is 23.1 Å². The van der Waals surface area contributed by atoms with E-state index < -0.39 is 0 Å². The average Bonchev–Trinajstić information content (AvgIpc) is 3.48. The normalized spacial score (nSPS) is 14.5. The van der Waals surface area contributed by atoms with Gasteiger partial charge in [0.05, 0.1) is 33.5 Å². The van der Waals surface area contributed by atoms with Crippen LogP contribution in [0.25, 0.3) is 21.5 Å². The Morgan fingerprint density at radius 1 is 1.17 bits per heavy atom. The number of benzene rings is 2. The molecule has 186 valence electrons. The third kappa shape index (κ3) is 4.64. The van der Waals surface area contributed by atoms with Crippen LogP contribution in [0.15, 0.2) is 34.9 Å². The van der Waals surface area contributed by atoms with Crippen LogP contribution in [0.1, 0.15) is 36.7 Å². The van der Waals surface area contributed by atoms with Gasteiger partial charge in [-0.3, -0.25) is 4.90 Å². The van der Waals surface area contributed by atoms with Crippen LogP contribution in [0.5, 0.6) is 5.75 Å². The molecule has 3 heterocycles. The van der Waals surface area contributed by atoms with Crippen molar-refractivity contribution in [1.29, 1.82) is 5.26 Å². The smallest absolute Gasteiger partial charge is 0.186 e. The van der Waals surface area contributed by atoms with Gasteiger partial charge in [-0.1, -0.05) is 59.6 Å². The number of halogens is 2. The summed E-state index contributed by atoms with van der Waals surface area (Å²) >= 11 is 14.6. The van der Waals surface area contributed by atoms with Crippen molar-refractivity contribution < 1.29 is 9.26 Å². The molecule has 2 aromatic carbocycles. The Morgan fingerprint density at radius 3 is 2.53 bits per heavy atom. The summed E-state index contributed by atoms with van der Waals surface area (Å²) in [6.45, 7) is 8.26. The van der Waals surface area contributed by atoms with Crippen molar-refractivity contribution in [2.75, 3.05) is 38.2 Å². The Labute approximate surface area is 223 Å². The minimum Gasteiger partial charge on any atom is -0.494 e. The third-order valence-corrected chi connectivity index (χ3v) is 8.06. The summed E-state index contributed by atoms with van der Waals surface area (Å²) in [6, 6.07) is 11.3. The van der Waals surface area contributed by atoms with Crippen LogP contribution in [0.2, 0.25) is 10.0 Å². The Balaban J connectivity index is 1.36. The van der Waals surface area contributed by atoms with Crippen molar-refractivity contribution in [2.24, 2.45) is 0 Å². The van der Waals surface area contributed by atoms with Gasteiger partial charge >= 0.3 is 0 Å². The summed E-state index contributed by atoms with van der Waals surface area (Å²) in [7, 11) is 1.61. The van der Waals surface area contributed by atoms with Gasteiger partial charge in [0.15, 0.2) is 5.13 Å². The number of anilines is 1. The first-order valence-corrected chi connectivity index (χ1v) is 13.3. The third-order valence-electron chi connectivity index (χ3n) is 6.36. The summed E-state index contributed by atoms with van der Waals surface area (Å²) in [5.74, 6) is 1.67. The SMILES string of the molecule is COc1cc(C#N)cc2sc(N3CCN(Cc4c(-c5c(Cl)cccc5Cl)noc4C(C)C)CC3)nc12.